The first kappa shape index (κ1) is 41.6. The van der Waals surface area contributed by atoms with Crippen LogP contribution in [0.1, 0.15) is 91.0 Å². The molecule has 2 aromatic rings. The van der Waals surface area contributed by atoms with Gasteiger partial charge in [0.1, 0.15) is 29.8 Å². The van der Waals surface area contributed by atoms with E-state index in [1.54, 1.807) is 20.8 Å². The minimum atomic E-state index is -4.27. The van der Waals surface area contributed by atoms with Gasteiger partial charge < -0.3 is 25.0 Å². The molecule has 4 fully saturated rings. The molecule has 1 saturated heterocycles. The summed E-state index contributed by atoms with van der Waals surface area (Å²) in [5.41, 5.74) is -2.00. The maximum atomic E-state index is 14.8. The van der Waals surface area contributed by atoms with Crippen LogP contribution in [0.5, 0.6) is 6.01 Å². The predicted octanol–water partition coefficient (Wildman–Crippen LogP) is 3.41. The lowest BCUT2D eigenvalue weighted by Crippen LogP contribution is -2.60. The summed E-state index contributed by atoms with van der Waals surface area (Å²) in [5, 5.41) is 15.0. The van der Waals surface area contributed by atoms with Crippen molar-refractivity contribution >= 4 is 44.7 Å². The molecule has 60 heavy (non-hydrogen) atoms. The molecule has 322 valence electrons. The molecule has 3 heterocycles. The molecule has 16 nitrogen and oxygen atoms in total. The number of carbonyl (C=O) groups is 4. The number of nitrogens with zero attached hydrogens (tertiary/aromatic N) is 4. The molecule has 6 aliphatic rings. The van der Waals surface area contributed by atoms with Crippen molar-refractivity contribution in [1.29, 1.82) is 5.26 Å². The standard InChI is InChI=1S/C41H49F2N7O9S/c1-39(2,3)31-35(53)50-20-23(17-29(50)33(51)47-41(18-27(41)32(42)43)36(54)48-60(56,57)40(4)11-12-40)58-37-45-28-14-21(19-44)9-10-25(28)34(52)49(37)13-7-5-6-8-24-26-15-22(26)16-30(24)59-38(55)46-31/h9-10,14-15,23-24,26-27,29-32H,5-8,11-13,16-18,20H2,1-4H3,(H,46,55)(H,47,51)(H,48,54)/t23-,24-,26+,27+,29+,30-,31-,41-/m1/s1. The normalized spacial score (nSPS) is 31.1. The van der Waals surface area contributed by atoms with Crippen LogP contribution < -0.4 is 25.7 Å². The molecule has 19 heteroatoms. The molecule has 8 rings (SSSR count). The number of benzene rings is 1. The van der Waals surface area contributed by atoms with Crippen LogP contribution in [0.25, 0.3) is 10.9 Å². The average Bonchev–Trinajstić information content (AvgIpc) is 4.14. The van der Waals surface area contributed by atoms with Crippen LogP contribution in [0.4, 0.5) is 13.6 Å². The summed E-state index contributed by atoms with van der Waals surface area (Å²) in [6.45, 7) is 6.47. The number of nitriles is 1. The molecule has 1 aromatic heterocycles. The van der Waals surface area contributed by atoms with E-state index in [0.29, 0.717) is 12.8 Å². The van der Waals surface area contributed by atoms with Crippen LogP contribution in [0.2, 0.25) is 0 Å². The van der Waals surface area contributed by atoms with Crippen molar-refractivity contribution in [2.75, 3.05) is 6.54 Å². The Bertz CT molecular complexity index is 2410. The number of sulfonamides is 1. The van der Waals surface area contributed by atoms with E-state index in [4.69, 9.17) is 9.47 Å². The number of alkyl halides is 2. The van der Waals surface area contributed by atoms with Crippen molar-refractivity contribution in [3.8, 4) is 12.1 Å². The van der Waals surface area contributed by atoms with E-state index in [0.717, 1.165) is 24.2 Å². The Morgan fingerprint density at radius 2 is 1.87 bits per heavy atom. The van der Waals surface area contributed by atoms with Gasteiger partial charge >= 0.3 is 6.09 Å². The summed E-state index contributed by atoms with van der Waals surface area (Å²) in [6, 6.07) is 3.66. The van der Waals surface area contributed by atoms with Crippen LogP contribution in [0, 0.1) is 34.5 Å². The molecule has 3 saturated carbocycles. The van der Waals surface area contributed by atoms with Crippen molar-refractivity contribution < 1.29 is 45.9 Å². The molecular weight excluding hydrogens is 805 g/mol. The highest BCUT2D eigenvalue weighted by atomic mass is 32.2. The number of halogens is 2. The van der Waals surface area contributed by atoms with Crippen molar-refractivity contribution in [2.45, 2.75) is 133 Å². The number of rotatable bonds is 6. The number of fused-ring (bicyclic) bond motifs is 7. The minimum Gasteiger partial charge on any atom is -0.459 e. The molecule has 3 N–H and O–H groups in total. The zero-order valence-electron chi connectivity index (χ0n) is 33.8. The highest BCUT2D eigenvalue weighted by Crippen LogP contribution is 2.52. The first-order valence-corrected chi connectivity index (χ1v) is 22.0. The molecule has 4 amide bonds. The van der Waals surface area contributed by atoms with E-state index in [9.17, 15) is 46.4 Å². The maximum absolute atomic E-state index is 14.8. The molecular formula is C41H49F2N7O9S. The highest BCUT2D eigenvalue weighted by Gasteiger charge is 2.67. The third kappa shape index (κ3) is 7.60. The second-order valence-electron chi connectivity index (χ2n) is 18.5. The summed E-state index contributed by atoms with van der Waals surface area (Å²) >= 11 is 0. The summed E-state index contributed by atoms with van der Waals surface area (Å²) in [5.74, 6) is -4.48. The fourth-order valence-corrected chi connectivity index (χ4v) is 10.4. The van der Waals surface area contributed by atoms with Gasteiger partial charge in [-0.1, -0.05) is 45.3 Å². The lowest BCUT2D eigenvalue weighted by Gasteiger charge is -2.35. The van der Waals surface area contributed by atoms with Crippen LogP contribution in [0.15, 0.2) is 34.6 Å². The van der Waals surface area contributed by atoms with E-state index < -0.39 is 98.2 Å². The molecule has 0 radical (unpaired) electrons. The SMILES string of the molecule is CC(C)(C)[C@@H]1NC(=O)O[C@@H]2CC3=C[C@@H]3[C@H]2CCCCCn2c(nc3cc(C#N)ccc3c2=O)O[C@@H]2C[C@@H](C(=O)N[C@]3(C(=O)NS(=O)(=O)C4(C)CC4)C[C@H]3C(F)F)N(C2)C1=O. The van der Waals surface area contributed by atoms with Gasteiger partial charge in [-0.3, -0.25) is 28.5 Å². The monoisotopic (exact) mass is 853 g/mol. The van der Waals surface area contributed by atoms with Crippen molar-refractivity contribution in [2.24, 2.45) is 23.2 Å². The van der Waals surface area contributed by atoms with E-state index in [1.807, 2.05) is 10.8 Å². The molecule has 0 unspecified atom stereocenters. The number of ether oxygens (including phenoxy) is 2. The fraction of sp³-hybridized carbons (Fsp3) is 0.634. The smallest absolute Gasteiger partial charge is 0.408 e. The van der Waals surface area contributed by atoms with E-state index >= 15 is 0 Å². The zero-order chi connectivity index (χ0) is 43.1. The van der Waals surface area contributed by atoms with Crippen LogP contribution in [0.3, 0.4) is 0 Å². The number of hydrogen-bond donors (Lipinski definition) is 3. The van der Waals surface area contributed by atoms with Crippen LogP contribution in [-0.4, -0.2) is 94.2 Å². The third-order valence-corrected chi connectivity index (χ3v) is 15.4. The van der Waals surface area contributed by atoms with Gasteiger partial charge in [-0.25, -0.2) is 22.0 Å². The topological polar surface area (TPSA) is 219 Å². The number of nitrogens with one attached hydrogen (secondary N) is 3. The number of carbonyl (C=O) groups excluding carboxylic acids is 4. The molecule has 8 atom stereocenters. The van der Waals surface area contributed by atoms with Gasteiger partial charge in [0.05, 0.1) is 39.7 Å². The molecule has 2 aliphatic heterocycles. The number of hydrogen-bond acceptors (Lipinski definition) is 11. The van der Waals surface area contributed by atoms with Crippen molar-refractivity contribution in [1.82, 2.24) is 29.8 Å². The first-order valence-electron chi connectivity index (χ1n) is 20.5. The third-order valence-electron chi connectivity index (χ3n) is 13.2. The number of aromatic nitrogens is 2. The van der Waals surface area contributed by atoms with Gasteiger partial charge in [-0.2, -0.15) is 10.2 Å². The minimum absolute atomic E-state index is 0.0465. The number of alkyl carbamates (subject to hydrolysis) is 1. The number of amides is 4. The summed E-state index contributed by atoms with van der Waals surface area (Å²) in [7, 11) is -4.27. The maximum Gasteiger partial charge on any atom is 0.408 e. The van der Waals surface area contributed by atoms with Gasteiger partial charge in [-0.05, 0) is 62.6 Å². The van der Waals surface area contributed by atoms with E-state index in [1.165, 1.54) is 35.3 Å². The molecule has 0 spiro atoms. The highest BCUT2D eigenvalue weighted by molar-refractivity contribution is 7.91. The Morgan fingerprint density at radius 1 is 1.12 bits per heavy atom. The van der Waals surface area contributed by atoms with Crippen molar-refractivity contribution in [3.63, 3.8) is 0 Å². The predicted molar refractivity (Wildman–Crippen MR) is 210 cm³/mol. The lowest BCUT2D eigenvalue weighted by molar-refractivity contribution is -0.143. The van der Waals surface area contributed by atoms with Gasteiger partial charge in [0.25, 0.3) is 17.5 Å². The van der Waals surface area contributed by atoms with Gasteiger partial charge in [-0.15, -0.1) is 0 Å². The molecule has 2 bridgehead atoms. The Kier molecular flexibility index (Phi) is 10.3. The van der Waals surface area contributed by atoms with E-state index in [-0.39, 0.29) is 66.7 Å². The largest absolute Gasteiger partial charge is 0.459 e. The first-order chi connectivity index (χ1) is 28.2. The average molecular weight is 854 g/mol. The van der Waals surface area contributed by atoms with Crippen molar-refractivity contribution in [3.05, 3.63) is 45.8 Å². The Morgan fingerprint density at radius 3 is 2.53 bits per heavy atom. The zero-order valence-corrected chi connectivity index (χ0v) is 34.7. The second kappa shape index (κ2) is 14.8. The Hall–Kier alpha value is -5.12. The van der Waals surface area contributed by atoms with Gasteiger partial charge in [0.15, 0.2) is 0 Å². The van der Waals surface area contributed by atoms with Gasteiger partial charge in [0.2, 0.25) is 28.3 Å². The second-order valence-corrected chi connectivity index (χ2v) is 20.7. The molecule has 4 aliphatic carbocycles. The quantitative estimate of drug-likeness (QED) is 0.358. The Labute approximate surface area is 345 Å². The van der Waals surface area contributed by atoms with Gasteiger partial charge in [0, 0.05) is 31.2 Å². The van der Waals surface area contributed by atoms with E-state index in [2.05, 4.69) is 21.7 Å². The lowest BCUT2D eigenvalue weighted by atomic mass is 9.85. The molecule has 1 aromatic carbocycles. The van der Waals surface area contributed by atoms with Crippen LogP contribution >= 0.6 is 0 Å². The summed E-state index contributed by atoms with van der Waals surface area (Å²) in [4.78, 5) is 76.2. The summed E-state index contributed by atoms with van der Waals surface area (Å²) in [6.07, 6.45) is -0.0585. The number of allylic oxidation sites excluding steroid dienone is 1. The Balaban J connectivity index is 1.15. The fourth-order valence-electron chi connectivity index (χ4n) is 9.04. The summed E-state index contributed by atoms with van der Waals surface area (Å²) < 4.78 is 69.1. The van der Waals surface area contributed by atoms with Crippen LogP contribution in [-0.2, 0) is 35.7 Å².